The number of rotatable bonds is 4. The SMILES string of the molecule is COC(=O)C(Nc1ccc(F)cc1)c1ccc(F)c(C)c1. The van der Waals surface area contributed by atoms with Crippen molar-refractivity contribution in [2.24, 2.45) is 0 Å². The van der Waals surface area contributed by atoms with Gasteiger partial charge in [-0.2, -0.15) is 0 Å². The topological polar surface area (TPSA) is 38.3 Å². The predicted octanol–water partition coefficient (Wildman–Crippen LogP) is 3.60. The Kier molecular flexibility index (Phi) is 4.52. The number of aryl methyl sites for hydroxylation is 1. The fourth-order valence-electron chi connectivity index (χ4n) is 1.96. The molecular weight excluding hydrogens is 276 g/mol. The van der Waals surface area contributed by atoms with Crippen molar-refractivity contribution in [1.82, 2.24) is 0 Å². The maximum Gasteiger partial charge on any atom is 0.332 e. The second kappa shape index (κ2) is 6.35. The number of nitrogens with one attached hydrogen (secondary N) is 1. The molecule has 0 bridgehead atoms. The van der Waals surface area contributed by atoms with Crippen LogP contribution in [0.4, 0.5) is 14.5 Å². The number of methoxy groups -OCH3 is 1. The summed E-state index contributed by atoms with van der Waals surface area (Å²) in [4.78, 5) is 11.9. The van der Waals surface area contributed by atoms with Gasteiger partial charge in [-0.05, 0) is 48.4 Å². The number of benzene rings is 2. The minimum atomic E-state index is -0.792. The average molecular weight is 291 g/mol. The summed E-state index contributed by atoms with van der Waals surface area (Å²) in [6, 6.07) is 9.20. The summed E-state index contributed by atoms with van der Waals surface area (Å²) < 4.78 is 31.0. The fourth-order valence-corrected chi connectivity index (χ4v) is 1.96. The quantitative estimate of drug-likeness (QED) is 0.875. The van der Waals surface area contributed by atoms with E-state index in [1.54, 1.807) is 13.0 Å². The van der Waals surface area contributed by atoms with Gasteiger partial charge in [-0.3, -0.25) is 0 Å². The van der Waals surface area contributed by atoms with Crippen LogP contribution in [-0.4, -0.2) is 13.1 Å². The van der Waals surface area contributed by atoms with Crippen molar-refractivity contribution in [2.75, 3.05) is 12.4 Å². The van der Waals surface area contributed by atoms with Gasteiger partial charge in [0, 0.05) is 5.69 Å². The Hall–Kier alpha value is -2.43. The molecule has 1 atom stereocenters. The van der Waals surface area contributed by atoms with E-state index in [0.717, 1.165) is 0 Å². The first-order valence-electron chi connectivity index (χ1n) is 6.37. The third kappa shape index (κ3) is 3.56. The maximum absolute atomic E-state index is 13.3. The van der Waals surface area contributed by atoms with E-state index in [9.17, 15) is 13.6 Å². The number of ether oxygens (including phenoxy) is 1. The van der Waals surface area contributed by atoms with Crippen LogP contribution in [0.15, 0.2) is 42.5 Å². The van der Waals surface area contributed by atoms with Crippen LogP contribution in [0.25, 0.3) is 0 Å². The summed E-state index contributed by atoms with van der Waals surface area (Å²) in [5, 5.41) is 2.96. The van der Waals surface area contributed by atoms with Gasteiger partial charge < -0.3 is 10.1 Å². The molecule has 0 saturated heterocycles. The molecule has 0 saturated carbocycles. The molecule has 21 heavy (non-hydrogen) atoms. The molecule has 0 spiro atoms. The van der Waals surface area contributed by atoms with Crippen molar-refractivity contribution in [2.45, 2.75) is 13.0 Å². The Morgan fingerprint density at radius 2 is 1.81 bits per heavy atom. The minimum absolute atomic E-state index is 0.343. The van der Waals surface area contributed by atoms with Crippen molar-refractivity contribution in [3.05, 3.63) is 65.2 Å². The molecule has 0 amide bonds. The van der Waals surface area contributed by atoms with E-state index in [2.05, 4.69) is 5.32 Å². The van der Waals surface area contributed by atoms with Crippen LogP contribution in [-0.2, 0) is 9.53 Å². The molecule has 2 rings (SSSR count). The lowest BCUT2D eigenvalue weighted by atomic mass is 10.0. The standard InChI is InChI=1S/C16H15F2NO2/c1-10-9-11(3-8-14(10)18)15(16(20)21-2)19-13-6-4-12(17)5-7-13/h3-9,15,19H,1-2H3. The number of carbonyl (C=O) groups is 1. The monoisotopic (exact) mass is 291 g/mol. The number of halogens is 2. The highest BCUT2D eigenvalue weighted by Crippen LogP contribution is 2.23. The molecule has 2 aromatic rings. The predicted molar refractivity (Wildman–Crippen MR) is 75.9 cm³/mol. The summed E-state index contributed by atoms with van der Waals surface area (Å²) in [6.45, 7) is 1.62. The van der Waals surface area contributed by atoms with Crippen LogP contribution in [0.5, 0.6) is 0 Å². The first kappa shape index (κ1) is 15.0. The number of esters is 1. The number of carbonyl (C=O) groups excluding carboxylic acids is 1. The van der Waals surface area contributed by atoms with E-state index in [1.807, 2.05) is 0 Å². The second-order valence-corrected chi connectivity index (χ2v) is 4.62. The highest BCUT2D eigenvalue weighted by atomic mass is 19.1. The van der Waals surface area contributed by atoms with Gasteiger partial charge in [-0.1, -0.05) is 12.1 Å². The van der Waals surface area contributed by atoms with Gasteiger partial charge in [0.15, 0.2) is 6.04 Å². The first-order chi connectivity index (χ1) is 10.0. The molecule has 0 aliphatic carbocycles. The molecule has 1 N–H and O–H groups in total. The average Bonchev–Trinajstić information content (AvgIpc) is 2.49. The number of hydrogen-bond acceptors (Lipinski definition) is 3. The first-order valence-corrected chi connectivity index (χ1v) is 6.37. The van der Waals surface area contributed by atoms with Crippen LogP contribution in [0.2, 0.25) is 0 Å². The van der Waals surface area contributed by atoms with Crippen molar-refractivity contribution < 1.29 is 18.3 Å². The molecule has 110 valence electrons. The zero-order valence-corrected chi connectivity index (χ0v) is 11.7. The highest BCUT2D eigenvalue weighted by Gasteiger charge is 2.22. The van der Waals surface area contributed by atoms with Crippen LogP contribution in [0, 0.1) is 18.6 Å². The van der Waals surface area contributed by atoms with E-state index in [4.69, 9.17) is 4.74 Å². The van der Waals surface area contributed by atoms with Crippen molar-refractivity contribution in [1.29, 1.82) is 0 Å². The Labute approximate surface area is 121 Å². The highest BCUT2D eigenvalue weighted by molar-refractivity contribution is 5.81. The molecule has 0 heterocycles. The number of hydrogen-bond donors (Lipinski definition) is 1. The van der Waals surface area contributed by atoms with E-state index in [0.29, 0.717) is 16.8 Å². The summed E-state index contributed by atoms with van der Waals surface area (Å²) in [5.41, 5.74) is 1.57. The second-order valence-electron chi connectivity index (χ2n) is 4.62. The Morgan fingerprint density at radius 3 is 2.38 bits per heavy atom. The van der Waals surface area contributed by atoms with Gasteiger partial charge in [0.25, 0.3) is 0 Å². The van der Waals surface area contributed by atoms with Crippen molar-refractivity contribution in [3.8, 4) is 0 Å². The lowest BCUT2D eigenvalue weighted by Crippen LogP contribution is -2.22. The van der Waals surface area contributed by atoms with Crippen molar-refractivity contribution >= 4 is 11.7 Å². The fraction of sp³-hybridized carbons (Fsp3) is 0.188. The third-order valence-electron chi connectivity index (χ3n) is 3.11. The van der Waals surface area contributed by atoms with Gasteiger partial charge in [-0.15, -0.1) is 0 Å². The van der Waals surface area contributed by atoms with E-state index < -0.39 is 12.0 Å². The molecule has 1 unspecified atom stereocenters. The van der Waals surface area contributed by atoms with Crippen LogP contribution in [0.3, 0.4) is 0 Å². The molecule has 2 aromatic carbocycles. The molecule has 0 radical (unpaired) electrons. The van der Waals surface area contributed by atoms with E-state index in [1.165, 1.54) is 43.5 Å². The Bertz CT molecular complexity index is 641. The van der Waals surface area contributed by atoms with Gasteiger partial charge in [-0.25, -0.2) is 13.6 Å². The van der Waals surface area contributed by atoms with Gasteiger partial charge in [0.1, 0.15) is 11.6 Å². The van der Waals surface area contributed by atoms with Crippen LogP contribution >= 0.6 is 0 Å². The van der Waals surface area contributed by atoms with Crippen molar-refractivity contribution in [3.63, 3.8) is 0 Å². The number of anilines is 1. The molecule has 5 heteroatoms. The summed E-state index contributed by atoms with van der Waals surface area (Å²) in [6.07, 6.45) is 0. The summed E-state index contributed by atoms with van der Waals surface area (Å²) in [5.74, 6) is -1.22. The van der Waals surface area contributed by atoms with Crippen LogP contribution < -0.4 is 5.32 Å². The summed E-state index contributed by atoms with van der Waals surface area (Å²) in [7, 11) is 1.28. The molecule has 0 fully saturated rings. The largest absolute Gasteiger partial charge is 0.467 e. The minimum Gasteiger partial charge on any atom is -0.467 e. The lowest BCUT2D eigenvalue weighted by molar-refractivity contribution is -0.141. The maximum atomic E-state index is 13.3. The van der Waals surface area contributed by atoms with Gasteiger partial charge in [0.05, 0.1) is 7.11 Å². The van der Waals surface area contributed by atoms with Gasteiger partial charge in [0.2, 0.25) is 0 Å². The molecule has 0 aromatic heterocycles. The smallest absolute Gasteiger partial charge is 0.332 e. The lowest BCUT2D eigenvalue weighted by Gasteiger charge is -2.18. The summed E-state index contributed by atoms with van der Waals surface area (Å²) >= 11 is 0. The molecule has 0 aliphatic rings. The third-order valence-corrected chi connectivity index (χ3v) is 3.11. The normalized spacial score (nSPS) is 11.8. The molecule has 3 nitrogen and oxygen atoms in total. The Morgan fingerprint density at radius 1 is 1.14 bits per heavy atom. The zero-order valence-electron chi connectivity index (χ0n) is 11.7. The molecular formula is C16H15F2NO2. The van der Waals surface area contributed by atoms with E-state index >= 15 is 0 Å². The Balaban J connectivity index is 2.31. The van der Waals surface area contributed by atoms with E-state index in [-0.39, 0.29) is 11.6 Å². The van der Waals surface area contributed by atoms with Gasteiger partial charge >= 0.3 is 5.97 Å². The molecule has 0 aliphatic heterocycles. The van der Waals surface area contributed by atoms with Crippen LogP contribution in [0.1, 0.15) is 17.2 Å². The zero-order chi connectivity index (χ0) is 15.4.